The van der Waals surface area contributed by atoms with Gasteiger partial charge in [0.2, 0.25) is 0 Å². The Hall–Kier alpha value is -0.860. The van der Waals surface area contributed by atoms with Crippen LogP contribution in [0, 0.1) is 5.92 Å². The number of carbonyl (C=O) groups excluding carboxylic acids is 1. The lowest BCUT2D eigenvalue weighted by atomic mass is 9.83. The van der Waals surface area contributed by atoms with Crippen molar-refractivity contribution < 1.29 is 9.53 Å². The first-order valence-corrected chi connectivity index (χ1v) is 6.50. The number of benzene rings is 1. The number of Topliss-reactive ketones (excluding diaryl/α,β-unsaturated/α-hetero) is 1. The van der Waals surface area contributed by atoms with Crippen molar-refractivity contribution in [3.05, 3.63) is 34.9 Å². The lowest BCUT2D eigenvalue weighted by Crippen LogP contribution is -2.16. The zero-order valence-electron chi connectivity index (χ0n) is 9.82. The summed E-state index contributed by atoms with van der Waals surface area (Å²) in [5.41, 5.74) is 0.626. The molecular weight excluding hydrogens is 236 g/mol. The maximum absolute atomic E-state index is 11.7. The van der Waals surface area contributed by atoms with E-state index in [1.165, 1.54) is 19.3 Å². The van der Waals surface area contributed by atoms with E-state index in [0.29, 0.717) is 17.2 Å². The van der Waals surface area contributed by atoms with Crippen molar-refractivity contribution in [1.82, 2.24) is 0 Å². The van der Waals surface area contributed by atoms with Gasteiger partial charge in [0.05, 0.1) is 0 Å². The van der Waals surface area contributed by atoms with Crippen molar-refractivity contribution in [2.45, 2.75) is 25.7 Å². The highest BCUT2D eigenvalue weighted by atomic mass is 35.5. The first-order valence-electron chi connectivity index (χ1n) is 6.12. The van der Waals surface area contributed by atoms with Gasteiger partial charge in [-0.15, -0.1) is 0 Å². The van der Waals surface area contributed by atoms with Gasteiger partial charge in [0.1, 0.15) is 6.61 Å². The van der Waals surface area contributed by atoms with E-state index in [1.54, 1.807) is 24.3 Å². The molecule has 0 aliphatic heterocycles. The van der Waals surface area contributed by atoms with Crippen molar-refractivity contribution in [2.75, 3.05) is 13.2 Å². The van der Waals surface area contributed by atoms with E-state index in [2.05, 4.69) is 0 Å². The van der Waals surface area contributed by atoms with E-state index in [9.17, 15) is 4.79 Å². The lowest BCUT2D eigenvalue weighted by Gasteiger charge is -2.24. The smallest absolute Gasteiger partial charge is 0.188 e. The number of hydrogen-bond acceptors (Lipinski definition) is 2. The second-order valence-electron chi connectivity index (χ2n) is 4.57. The van der Waals surface area contributed by atoms with Gasteiger partial charge >= 0.3 is 0 Å². The molecule has 0 radical (unpaired) electrons. The Bertz CT molecular complexity index is 386. The standard InChI is InChI=1S/C14H17ClO2/c15-13-6-2-5-12(9-13)14(16)10-17-8-7-11-3-1-4-11/h2,5-6,9,11H,1,3-4,7-8,10H2. The van der Waals surface area contributed by atoms with Gasteiger partial charge in [0.25, 0.3) is 0 Å². The molecule has 0 spiro atoms. The fourth-order valence-corrected chi connectivity index (χ4v) is 2.13. The molecule has 1 saturated carbocycles. The van der Waals surface area contributed by atoms with Gasteiger partial charge in [0.15, 0.2) is 5.78 Å². The number of halogens is 1. The van der Waals surface area contributed by atoms with Crippen molar-refractivity contribution in [2.24, 2.45) is 5.92 Å². The van der Waals surface area contributed by atoms with Gasteiger partial charge < -0.3 is 4.74 Å². The van der Waals surface area contributed by atoms with Gasteiger partial charge in [-0.2, -0.15) is 0 Å². The van der Waals surface area contributed by atoms with Crippen LogP contribution in [-0.2, 0) is 4.74 Å². The molecule has 1 aromatic carbocycles. The number of rotatable bonds is 6. The molecule has 1 aromatic rings. The molecular formula is C14H17ClO2. The van der Waals surface area contributed by atoms with Crippen LogP contribution >= 0.6 is 11.6 Å². The fraction of sp³-hybridized carbons (Fsp3) is 0.500. The van der Waals surface area contributed by atoms with E-state index in [1.807, 2.05) is 0 Å². The molecule has 0 aromatic heterocycles. The molecule has 1 fully saturated rings. The van der Waals surface area contributed by atoms with Crippen LogP contribution in [0.2, 0.25) is 5.02 Å². The first-order chi connectivity index (χ1) is 8.25. The van der Waals surface area contributed by atoms with E-state index < -0.39 is 0 Å². The monoisotopic (exact) mass is 252 g/mol. The predicted molar refractivity (Wildman–Crippen MR) is 68.6 cm³/mol. The van der Waals surface area contributed by atoms with Crippen molar-refractivity contribution in [3.63, 3.8) is 0 Å². The Labute approximate surface area is 107 Å². The molecule has 0 saturated heterocycles. The molecule has 1 aliphatic carbocycles. The molecule has 0 N–H and O–H groups in total. The Morgan fingerprint density at radius 2 is 2.24 bits per heavy atom. The molecule has 0 bridgehead atoms. The molecule has 92 valence electrons. The summed E-state index contributed by atoms with van der Waals surface area (Å²) >= 11 is 5.83. The molecule has 0 heterocycles. The maximum Gasteiger partial charge on any atom is 0.188 e. The van der Waals surface area contributed by atoms with Crippen LogP contribution in [0.25, 0.3) is 0 Å². The SMILES string of the molecule is O=C(COCCC1CCC1)c1cccc(Cl)c1. The topological polar surface area (TPSA) is 26.3 Å². The second kappa shape index (κ2) is 6.18. The van der Waals surface area contributed by atoms with Crippen LogP contribution in [0.1, 0.15) is 36.0 Å². The second-order valence-corrected chi connectivity index (χ2v) is 5.01. The highest BCUT2D eigenvalue weighted by molar-refractivity contribution is 6.31. The van der Waals surface area contributed by atoms with Crippen LogP contribution in [0.5, 0.6) is 0 Å². The molecule has 0 atom stereocenters. The van der Waals surface area contributed by atoms with Gasteiger partial charge in [0, 0.05) is 17.2 Å². The first kappa shape index (κ1) is 12.6. The minimum atomic E-state index is 0.00103. The Kier molecular flexibility index (Phi) is 4.57. The molecule has 1 aliphatic rings. The van der Waals surface area contributed by atoms with Crippen LogP contribution in [-0.4, -0.2) is 19.0 Å². The molecule has 3 heteroatoms. The van der Waals surface area contributed by atoms with Gasteiger partial charge in [-0.25, -0.2) is 0 Å². The van der Waals surface area contributed by atoms with Gasteiger partial charge in [-0.3, -0.25) is 4.79 Å². The lowest BCUT2D eigenvalue weighted by molar-refractivity contribution is 0.0705. The number of carbonyl (C=O) groups is 1. The van der Waals surface area contributed by atoms with Crippen molar-refractivity contribution in [3.8, 4) is 0 Å². The summed E-state index contributed by atoms with van der Waals surface area (Å²) in [4.78, 5) is 11.7. The van der Waals surface area contributed by atoms with Crippen molar-refractivity contribution >= 4 is 17.4 Å². The normalized spacial score (nSPS) is 15.6. The summed E-state index contributed by atoms with van der Waals surface area (Å²) in [6, 6.07) is 6.99. The third-order valence-electron chi connectivity index (χ3n) is 3.27. The third kappa shape index (κ3) is 3.83. The third-order valence-corrected chi connectivity index (χ3v) is 3.51. The van der Waals surface area contributed by atoms with Crippen molar-refractivity contribution in [1.29, 1.82) is 0 Å². The Morgan fingerprint density at radius 3 is 2.88 bits per heavy atom. The highest BCUT2D eigenvalue weighted by Gasteiger charge is 2.16. The quantitative estimate of drug-likeness (QED) is 0.570. The highest BCUT2D eigenvalue weighted by Crippen LogP contribution is 2.29. The minimum Gasteiger partial charge on any atom is -0.373 e. The number of ether oxygens (including phenoxy) is 1. The van der Waals surface area contributed by atoms with E-state index in [0.717, 1.165) is 12.3 Å². The molecule has 2 nitrogen and oxygen atoms in total. The zero-order chi connectivity index (χ0) is 12.1. The predicted octanol–water partition coefficient (Wildman–Crippen LogP) is 3.73. The Morgan fingerprint density at radius 1 is 1.41 bits per heavy atom. The van der Waals surface area contributed by atoms with Crippen LogP contribution in [0.15, 0.2) is 24.3 Å². The zero-order valence-corrected chi connectivity index (χ0v) is 10.6. The fourth-order valence-electron chi connectivity index (χ4n) is 1.94. The number of hydrogen-bond donors (Lipinski definition) is 0. The molecule has 0 unspecified atom stereocenters. The molecule has 17 heavy (non-hydrogen) atoms. The average Bonchev–Trinajstić information content (AvgIpc) is 2.26. The summed E-state index contributed by atoms with van der Waals surface area (Å²) in [6.45, 7) is 0.851. The summed E-state index contributed by atoms with van der Waals surface area (Å²) in [5.74, 6) is 0.831. The average molecular weight is 253 g/mol. The van der Waals surface area contributed by atoms with E-state index in [4.69, 9.17) is 16.3 Å². The Balaban J connectivity index is 1.69. The summed E-state index contributed by atoms with van der Waals surface area (Å²) in [5, 5.41) is 0.588. The van der Waals surface area contributed by atoms with Crippen LogP contribution < -0.4 is 0 Å². The van der Waals surface area contributed by atoms with Gasteiger partial charge in [-0.05, 0) is 24.5 Å². The van der Waals surface area contributed by atoms with E-state index >= 15 is 0 Å². The molecule has 2 rings (SSSR count). The number of ketones is 1. The summed E-state index contributed by atoms with van der Waals surface area (Å²) in [6.07, 6.45) is 5.09. The molecule has 0 amide bonds. The summed E-state index contributed by atoms with van der Waals surface area (Å²) in [7, 11) is 0. The van der Waals surface area contributed by atoms with Gasteiger partial charge in [-0.1, -0.05) is 43.0 Å². The summed E-state index contributed by atoms with van der Waals surface area (Å²) < 4.78 is 5.40. The maximum atomic E-state index is 11.7. The van der Waals surface area contributed by atoms with Crippen LogP contribution in [0.3, 0.4) is 0 Å². The van der Waals surface area contributed by atoms with Crippen LogP contribution in [0.4, 0.5) is 0 Å². The van der Waals surface area contributed by atoms with E-state index in [-0.39, 0.29) is 12.4 Å². The largest absolute Gasteiger partial charge is 0.373 e. The minimum absolute atomic E-state index is 0.00103.